The monoisotopic (exact) mass is 351 g/mol. The van der Waals surface area contributed by atoms with Crippen LogP contribution in [0.3, 0.4) is 0 Å². The lowest BCUT2D eigenvalue weighted by atomic mass is 10.2. The number of methoxy groups -OCH3 is 1. The molecule has 0 spiro atoms. The molecule has 0 aromatic heterocycles. The number of carbonyl (C=O) groups excluding carboxylic acids is 3. The van der Waals surface area contributed by atoms with Gasteiger partial charge < -0.3 is 14.2 Å². The first-order valence-corrected chi connectivity index (χ1v) is 7.78. The normalized spacial score (nSPS) is 11.5. The Kier molecular flexibility index (Phi) is 6.18. The Labute approximate surface area is 147 Å². The fourth-order valence-electron chi connectivity index (χ4n) is 1.72. The van der Waals surface area contributed by atoms with Crippen LogP contribution in [-0.4, -0.2) is 41.3 Å². The van der Waals surface area contributed by atoms with E-state index in [0.29, 0.717) is 10.6 Å². The summed E-state index contributed by atoms with van der Waals surface area (Å²) in [5.41, 5.74) is -1.63. The maximum absolute atomic E-state index is 12.7. The zero-order chi connectivity index (χ0) is 19.4. The fraction of sp³-hybridized carbons (Fsp3) is 0.500. The van der Waals surface area contributed by atoms with Crippen molar-refractivity contribution in [3.05, 3.63) is 29.8 Å². The second-order valence-electron chi connectivity index (χ2n) is 7.33. The van der Waals surface area contributed by atoms with Crippen LogP contribution in [0.5, 0.6) is 5.75 Å². The van der Waals surface area contributed by atoms with Crippen molar-refractivity contribution in [3.8, 4) is 5.75 Å². The summed E-state index contributed by atoms with van der Waals surface area (Å²) in [6, 6.07) is 6.00. The lowest BCUT2D eigenvalue weighted by Crippen LogP contribution is -2.46. The molecule has 3 amide bonds. The summed E-state index contributed by atoms with van der Waals surface area (Å²) in [5.74, 6) is -0.302. The molecule has 1 aromatic carbocycles. The van der Waals surface area contributed by atoms with Gasteiger partial charge in [0.25, 0.3) is 5.91 Å². The SMILES string of the molecule is COc1ccc(C(=O)N(C(=O)OC(C)(C)C)C(=O)OC(C)(C)C)cc1. The number of nitrogens with zero attached hydrogens (tertiary/aromatic N) is 1. The Morgan fingerprint density at radius 1 is 0.800 bits per heavy atom. The minimum atomic E-state index is -1.09. The van der Waals surface area contributed by atoms with E-state index in [0.717, 1.165) is 0 Å². The van der Waals surface area contributed by atoms with Crippen molar-refractivity contribution in [2.24, 2.45) is 0 Å². The summed E-state index contributed by atoms with van der Waals surface area (Å²) < 4.78 is 15.4. The third-order valence-electron chi connectivity index (χ3n) is 2.69. The van der Waals surface area contributed by atoms with E-state index in [2.05, 4.69) is 0 Å². The Morgan fingerprint density at radius 3 is 1.52 bits per heavy atom. The lowest BCUT2D eigenvalue weighted by Gasteiger charge is -2.27. The average Bonchev–Trinajstić information content (AvgIpc) is 2.43. The first-order valence-electron chi connectivity index (χ1n) is 7.78. The molecule has 7 nitrogen and oxygen atoms in total. The van der Waals surface area contributed by atoms with Crippen LogP contribution in [0.15, 0.2) is 24.3 Å². The summed E-state index contributed by atoms with van der Waals surface area (Å²) in [5, 5.41) is 0. The molecule has 0 unspecified atom stereocenters. The molecule has 0 heterocycles. The van der Waals surface area contributed by atoms with Gasteiger partial charge in [-0.25, -0.2) is 9.59 Å². The van der Waals surface area contributed by atoms with E-state index in [9.17, 15) is 14.4 Å². The zero-order valence-electron chi connectivity index (χ0n) is 15.7. The molecule has 1 rings (SSSR count). The van der Waals surface area contributed by atoms with Crippen molar-refractivity contribution in [3.63, 3.8) is 0 Å². The highest BCUT2D eigenvalue weighted by atomic mass is 16.6. The topological polar surface area (TPSA) is 82.1 Å². The summed E-state index contributed by atoms with van der Waals surface area (Å²) in [6.07, 6.45) is -2.19. The smallest absolute Gasteiger partial charge is 0.427 e. The van der Waals surface area contributed by atoms with E-state index >= 15 is 0 Å². The standard InChI is InChI=1S/C18H25NO6/c1-17(2,3)24-15(21)19(16(22)25-18(4,5)6)14(20)12-8-10-13(23-7)11-9-12/h8-11H,1-7H3. The molecule has 0 aliphatic rings. The molecule has 0 aliphatic carbocycles. The van der Waals surface area contributed by atoms with Gasteiger partial charge in [0, 0.05) is 5.56 Å². The van der Waals surface area contributed by atoms with Gasteiger partial charge in [-0.3, -0.25) is 4.79 Å². The largest absolute Gasteiger partial charge is 0.497 e. The third-order valence-corrected chi connectivity index (χ3v) is 2.69. The van der Waals surface area contributed by atoms with E-state index in [1.165, 1.54) is 19.2 Å². The molecule has 0 bridgehead atoms. The van der Waals surface area contributed by atoms with E-state index in [1.807, 2.05) is 0 Å². The Bertz CT molecular complexity index is 609. The van der Waals surface area contributed by atoms with Gasteiger partial charge in [-0.15, -0.1) is 4.90 Å². The maximum Gasteiger partial charge on any atom is 0.427 e. The maximum atomic E-state index is 12.7. The van der Waals surface area contributed by atoms with Gasteiger partial charge in [-0.1, -0.05) is 0 Å². The predicted molar refractivity (Wildman–Crippen MR) is 91.6 cm³/mol. The van der Waals surface area contributed by atoms with Crippen molar-refractivity contribution < 1.29 is 28.6 Å². The molecule has 7 heteroatoms. The Balaban J connectivity index is 3.17. The van der Waals surface area contributed by atoms with Crippen molar-refractivity contribution in [2.45, 2.75) is 52.7 Å². The number of imide groups is 3. The molecule has 0 radical (unpaired) electrons. The number of amides is 3. The Hall–Kier alpha value is -2.57. The molecule has 138 valence electrons. The number of hydrogen-bond acceptors (Lipinski definition) is 6. The average molecular weight is 351 g/mol. The second-order valence-corrected chi connectivity index (χ2v) is 7.33. The summed E-state index contributed by atoms with van der Waals surface area (Å²) in [7, 11) is 1.49. The quantitative estimate of drug-likeness (QED) is 0.801. The minimum Gasteiger partial charge on any atom is -0.497 e. The van der Waals surface area contributed by atoms with E-state index in [4.69, 9.17) is 14.2 Å². The first-order chi connectivity index (χ1) is 11.3. The molecule has 0 fully saturated rings. The number of rotatable bonds is 2. The van der Waals surface area contributed by atoms with E-state index in [-0.39, 0.29) is 5.56 Å². The summed E-state index contributed by atoms with van der Waals surface area (Å²) >= 11 is 0. The predicted octanol–water partition coefficient (Wildman–Crippen LogP) is 4.01. The molecule has 1 aromatic rings. The number of benzene rings is 1. The summed E-state index contributed by atoms with van der Waals surface area (Å²) in [4.78, 5) is 37.8. The highest BCUT2D eigenvalue weighted by Crippen LogP contribution is 2.18. The molecule has 25 heavy (non-hydrogen) atoms. The number of carbonyl (C=O) groups is 3. The second kappa shape index (κ2) is 7.55. The van der Waals surface area contributed by atoms with Crippen LogP contribution < -0.4 is 4.74 Å². The van der Waals surface area contributed by atoms with Crippen LogP contribution in [0.1, 0.15) is 51.9 Å². The van der Waals surface area contributed by atoms with Gasteiger partial charge in [0.05, 0.1) is 7.11 Å². The molecule has 0 atom stereocenters. The van der Waals surface area contributed by atoms with Crippen molar-refractivity contribution in [1.29, 1.82) is 0 Å². The van der Waals surface area contributed by atoms with Gasteiger partial charge in [-0.05, 0) is 65.8 Å². The van der Waals surface area contributed by atoms with Gasteiger partial charge in [0.15, 0.2) is 0 Å². The summed E-state index contributed by atoms with van der Waals surface area (Å²) in [6.45, 7) is 9.81. The van der Waals surface area contributed by atoms with Gasteiger partial charge in [-0.2, -0.15) is 0 Å². The van der Waals surface area contributed by atoms with E-state index < -0.39 is 29.3 Å². The molecule has 0 aliphatic heterocycles. The Morgan fingerprint density at radius 2 is 1.20 bits per heavy atom. The first kappa shape index (κ1) is 20.5. The van der Waals surface area contributed by atoms with Crippen LogP contribution >= 0.6 is 0 Å². The van der Waals surface area contributed by atoms with Gasteiger partial charge in [0.1, 0.15) is 17.0 Å². The van der Waals surface area contributed by atoms with Crippen molar-refractivity contribution in [2.75, 3.05) is 7.11 Å². The fourth-order valence-corrected chi connectivity index (χ4v) is 1.72. The van der Waals surface area contributed by atoms with Gasteiger partial charge in [0.2, 0.25) is 0 Å². The highest BCUT2D eigenvalue weighted by Gasteiger charge is 2.36. The van der Waals surface area contributed by atoms with Crippen LogP contribution in [0, 0.1) is 0 Å². The third kappa shape index (κ3) is 6.45. The van der Waals surface area contributed by atoms with Crippen LogP contribution in [-0.2, 0) is 9.47 Å². The molecular formula is C18H25NO6. The van der Waals surface area contributed by atoms with Crippen LogP contribution in [0.4, 0.5) is 9.59 Å². The lowest BCUT2D eigenvalue weighted by molar-refractivity contribution is 0.00398. The molecule has 0 N–H and O–H groups in total. The van der Waals surface area contributed by atoms with Crippen LogP contribution in [0.2, 0.25) is 0 Å². The molecular weight excluding hydrogens is 326 g/mol. The van der Waals surface area contributed by atoms with Crippen molar-refractivity contribution >= 4 is 18.1 Å². The van der Waals surface area contributed by atoms with Crippen LogP contribution in [0.25, 0.3) is 0 Å². The molecule has 0 saturated heterocycles. The van der Waals surface area contributed by atoms with Crippen molar-refractivity contribution in [1.82, 2.24) is 4.90 Å². The highest BCUT2D eigenvalue weighted by molar-refractivity contribution is 6.13. The molecule has 0 saturated carbocycles. The zero-order valence-corrected chi connectivity index (χ0v) is 15.7. The van der Waals surface area contributed by atoms with E-state index in [1.54, 1.807) is 53.7 Å². The van der Waals surface area contributed by atoms with Gasteiger partial charge >= 0.3 is 12.2 Å². The number of hydrogen-bond donors (Lipinski definition) is 0. The number of ether oxygens (including phenoxy) is 3. The minimum absolute atomic E-state index is 0.123.